The van der Waals surface area contributed by atoms with Gasteiger partial charge < -0.3 is 16.0 Å². The smallest absolute Gasteiger partial charge is 0.304 e. The second kappa shape index (κ2) is 5.67. The summed E-state index contributed by atoms with van der Waals surface area (Å²) in [4.78, 5) is 25.3. The number of carbonyl (C=O) groups excluding carboxylic acids is 1. The zero-order valence-corrected chi connectivity index (χ0v) is 11.1. The molecule has 0 spiro atoms. The van der Waals surface area contributed by atoms with E-state index in [4.69, 9.17) is 5.73 Å². The summed E-state index contributed by atoms with van der Waals surface area (Å²) >= 11 is 1.10. The third-order valence-corrected chi connectivity index (χ3v) is 4.13. The first-order valence-electron chi connectivity index (χ1n) is 6.30. The number of nitrogens with two attached hydrogens (primary N) is 1. The van der Waals surface area contributed by atoms with Crippen molar-refractivity contribution in [1.82, 2.24) is 10.3 Å². The summed E-state index contributed by atoms with van der Waals surface area (Å²) in [7, 11) is 0. The molecule has 0 aromatic carbocycles. The van der Waals surface area contributed by atoms with Crippen molar-refractivity contribution in [3.8, 4) is 0 Å². The second-order valence-electron chi connectivity index (χ2n) is 5.05. The number of rotatable bonds is 4. The Labute approximate surface area is 110 Å². The zero-order valence-electron chi connectivity index (χ0n) is 10.3. The van der Waals surface area contributed by atoms with E-state index < -0.39 is 0 Å². The third-order valence-electron chi connectivity index (χ3n) is 3.41. The monoisotopic (exact) mass is 269 g/mol. The van der Waals surface area contributed by atoms with Crippen molar-refractivity contribution >= 4 is 17.2 Å². The molecule has 5 nitrogen and oxygen atoms in total. The molecular formula is C12H19N3O2S. The molecule has 0 radical (unpaired) electrons. The lowest BCUT2D eigenvalue weighted by Crippen LogP contribution is -2.45. The molecule has 6 heteroatoms. The molecule has 0 aliphatic heterocycles. The lowest BCUT2D eigenvalue weighted by Gasteiger charge is -2.32. The Balaban J connectivity index is 1.79. The van der Waals surface area contributed by atoms with E-state index >= 15 is 0 Å². The fourth-order valence-corrected chi connectivity index (χ4v) is 2.99. The molecule has 1 aliphatic carbocycles. The topological polar surface area (TPSA) is 88.0 Å². The summed E-state index contributed by atoms with van der Waals surface area (Å²) < 4.78 is 0. The van der Waals surface area contributed by atoms with Crippen LogP contribution in [0.15, 0.2) is 10.2 Å². The van der Waals surface area contributed by atoms with Crippen molar-refractivity contribution in [3.63, 3.8) is 0 Å². The van der Waals surface area contributed by atoms with Crippen molar-refractivity contribution in [1.29, 1.82) is 0 Å². The molecule has 1 aromatic heterocycles. The van der Waals surface area contributed by atoms with Gasteiger partial charge in [-0.25, -0.2) is 0 Å². The highest BCUT2D eigenvalue weighted by Crippen LogP contribution is 2.28. The van der Waals surface area contributed by atoms with Crippen LogP contribution >= 0.6 is 11.3 Å². The van der Waals surface area contributed by atoms with Gasteiger partial charge in [0, 0.05) is 23.0 Å². The van der Waals surface area contributed by atoms with Crippen molar-refractivity contribution in [2.75, 3.05) is 0 Å². The molecule has 1 saturated carbocycles. The van der Waals surface area contributed by atoms with Gasteiger partial charge in [0.05, 0.1) is 6.54 Å². The molecule has 4 N–H and O–H groups in total. The van der Waals surface area contributed by atoms with Gasteiger partial charge in [-0.15, -0.1) is 0 Å². The Morgan fingerprint density at radius 1 is 1.44 bits per heavy atom. The van der Waals surface area contributed by atoms with Crippen LogP contribution in [-0.4, -0.2) is 16.4 Å². The maximum Gasteiger partial charge on any atom is 0.304 e. The molecule has 0 saturated heterocycles. The maximum atomic E-state index is 11.8. The number of nitrogens with one attached hydrogen (secondary N) is 2. The lowest BCUT2D eigenvalue weighted by atomic mass is 9.80. The van der Waals surface area contributed by atoms with Gasteiger partial charge in [0.2, 0.25) is 5.91 Å². The molecule has 1 aliphatic rings. The molecule has 0 bridgehead atoms. The van der Waals surface area contributed by atoms with Crippen molar-refractivity contribution in [2.45, 2.75) is 50.6 Å². The summed E-state index contributed by atoms with van der Waals surface area (Å²) in [6.07, 6.45) is 5.67. The summed E-state index contributed by atoms with van der Waals surface area (Å²) in [5, 5.41) is 4.53. The number of carbonyl (C=O) groups is 1. The van der Waals surface area contributed by atoms with Gasteiger partial charge in [0.1, 0.15) is 0 Å². The van der Waals surface area contributed by atoms with Crippen LogP contribution in [0.3, 0.4) is 0 Å². The first-order chi connectivity index (χ1) is 8.57. The van der Waals surface area contributed by atoms with Crippen LogP contribution in [0, 0.1) is 0 Å². The highest BCUT2D eigenvalue weighted by molar-refractivity contribution is 7.07. The van der Waals surface area contributed by atoms with Crippen molar-refractivity contribution in [3.05, 3.63) is 20.7 Å². The minimum absolute atomic E-state index is 0.0357. The number of amides is 1. The average molecular weight is 269 g/mol. The predicted molar refractivity (Wildman–Crippen MR) is 71.4 cm³/mol. The molecule has 0 atom stereocenters. The summed E-state index contributed by atoms with van der Waals surface area (Å²) in [6.45, 7) is 0.369. The molecule has 1 amide bonds. The van der Waals surface area contributed by atoms with Crippen LogP contribution in [0.1, 0.15) is 44.2 Å². The van der Waals surface area contributed by atoms with Gasteiger partial charge in [-0.1, -0.05) is 30.6 Å². The Morgan fingerprint density at radius 3 is 2.78 bits per heavy atom. The molecule has 2 rings (SSSR count). The fraction of sp³-hybridized carbons (Fsp3) is 0.667. The Hall–Kier alpha value is -1.14. The number of aromatic amines is 1. The van der Waals surface area contributed by atoms with E-state index in [-0.39, 0.29) is 16.3 Å². The molecule has 1 heterocycles. The van der Waals surface area contributed by atoms with Gasteiger partial charge in [-0.2, -0.15) is 0 Å². The molecular weight excluding hydrogens is 250 g/mol. The number of aromatic nitrogens is 1. The van der Waals surface area contributed by atoms with Gasteiger partial charge >= 0.3 is 4.87 Å². The van der Waals surface area contributed by atoms with Gasteiger partial charge in [-0.3, -0.25) is 9.59 Å². The highest BCUT2D eigenvalue weighted by atomic mass is 32.1. The first-order valence-corrected chi connectivity index (χ1v) is 7.18. The van der Waals surface area contributed by atoms with Crippen LogP contribution in [0.4, 0.5) is 0 Å². The maximum absolute atomic E-state index is 11.8. The van der Waals surface area contributed by atoms with Crippen molar-refractivity contribution < 1.29 is 4.79 Å². The largest absolute Gasteiger partial charge is 0.350 e. The molecule has 1 fully saturated rings. The number of hydrogen-bond donors (Lipinski definition) is 3. The summed E-state index contributed by atoms with van der Waals surface area (Å²) in [6, 6.07) is 0. The highest BCUT2D eigenvalue weighted by Gasteiger charge is 2.29. The quantitative estimate of drug-likeness (QED) is 0.765. The van der Waals surface area contributed by atoms with Crippen LogP contribution < -0.4 is 15.9 Å². The Kier molecular flexibility index (Phi) is 4.19. The van der Waals surface area contributed by atoms with E-state index in [1.807, 2.05) is 0 Å². The molecule has 0 unspecified atom stereocenters. The van der Waals surface area contributed by atoms with E-state index in [1.54, 1.807) is 5.38 Å². The van der Waals surface area contributed by atoms with E-state index in [1.165, 1.54) is 6.42 Å². The minimum atomic E-state index is -0.329. The zero-order chi connectivity index (χ0) is 13.0. The first kappa shape index (κ1) is 13.3. The van der Waals surface area contributed by atoms with Gasteiger partial charge in [-0.05, 0) is 12.8 Å². The van der Waals surface area contributed by atoms with E-state index in [0.29, 0.717) is 13.0 Å². The van der Waals surface area contributed by atoms with Crippen LogP contribution in [0.2, 0.25) is 0 Å². The summed E-state index contributed by atoms with van der Waals surface area (Å²) in [5.74, 6) is -0.0357. The fourth-order valence-electron chi connectivity index (χ4n) is 2.41. The molecule has 18 heavy (non-hydrogen) atoms. The Bertz CT molecular complexity index is 460. The lowest BCUT2D eigenvalue weighted by molar-refractivity contribution is -0.122. The number of thiazole rings is 1. The van der Waals surface area contributed by atoms with Crippen LogP contribution in [0.25, 0.3) is 0 Å². The molecule has 1 aromatic rings. The van der Waals surface area contributed by atoms with Gasteiger partial charge in [0.25, 0.3) is 0 Å². The molecule has 100 valence electrons. The predicted octanol–water partition coefficient (Wildman–Crippen LogP) is 1.10. The SMILES string of the molecule is NC1(CC(=O)NCc2csc(=O)[nH]2)CCCCC1. The van der Waals surface area contributed by atoms with E-state index in [0.717, 1.165) is 42.7 Å². The standard InChI is InChI=1S/C12H19N3O2S/c13-12(4-2-1-3-5-12)6-10(16)14-7-9-8-18-11(17)15-9/h8H,1-7,13H2,(H,14,16)(H,15,17). The number of H-pyrrole nitrogens is 1. The second-order valence-corrected chi connectivity index (χ2v) is 5.89. The van der Waals surface area contributed by atoms with E-state index in [9.17, 15) is 9.59 Å². The van der Waals surface area contributed by atoms with Crippen LogP contribution in [-0.2, 0) is 11.3 Å². The third kappa shape index (κ3) is 3.68. The van der Waals surface area contributed by atoms with Crippen molar-refractivity contribution in [2.24, 2.45) is 5.73 Å². The number of hydrogen-bond acceptors (Lipinski definition) is 4. The van der Waals surface area contributed by atoms with Gasteiger partial charge in [0.15, 0.2) is 0 Å². The van der Waals surface area contributed by atoms with E-state index in [2.05, 4.69) is 10.3 Å². The minimum Gasteiger partial charge on any atom is -0.350 e. The normalized spacial score (nSPS) is 18.5. The Morgan fingerprint density at radius 2 is 2.17 bits per heavy atom. The summed E-state index contributed by atoms with van der Waals surface area (Å²) in [5.41, 5.74) is 6.63. The average Bonchev–Trinajstić information content (AvgIpc) is 2.73. The van der Waals surface area contributed by atoms with Crippen LogP contribution in [0.5, 0.6) is 0 Å².